The second-order valence-electron chi connectivity index (χ2n) is 4.70. The smallest absolute Gasteiger partial charge is 0.114 e. The summed E-state index contributed by atoms with van der Waals surface area (Å²) in [5.74, 6) is 0.479. The molecule has 0 saturated carbocycles. The fraction of sp³-hybridized carbons (Fsp3) is 0.500. The average Bonchev–Trinajstić information content (AvgIpc) is 3.06. The Morgan fingerprint density at radius 2 is 2.21 bits per heavy atom. The summed E-state index contributed by atoms with van der Waals surface area (Å²) in [7, 11) is 1.72. The molecule has 0 aliphatic rings. The van der Waals surface area contributed by atoms with E-state index in [4.69, 9.17) is 9.72 Å². The first-order valence-corrected chi connectivity index (χ1v) is 8.24. The van der Waals surface area contributed by atoms with Crippen LogP contribution in [0.4, 0.5) is 0 Å². The highest BCUT2D eigenvalue weighted by atomic mass is 32.1. The van der Waals surface area contributed by atoms with Crippen LogP contribution in [0.2, 0.25) is 0 Å². The van der Waals surface area contributed by atoms with Gasteiger partial charge in [0, 0.05) is 19.0 Å². The molecule has 19 heavy (non-hydrogen) atoms. The Morgan fingerprint density at radius 1 is 1.37 bits per heavy atom. The van der Waals surface area contributed by atoms with Crippen molar-refractivity contribution in [1.82, 2.24) is 10.3 Å². The quantitative estimate of drug-likeness (QED) is 0.792. The lowest BCUT2D eigenvalue weighted by atomic mass is 10.1. The number of methoxy groups -OCH3 is 1. The molecule has 0 saturated heterocycles. The van der Waals surface area contributed by atoms with Gasteiger partial charge < -0.3 is 10.1 Å². The third-order valence-corrected chi connectivity index (χ3v) is 4.54. The highest BCUT2D eigenvalue weighted by Crippen LogP contribution is 2.28. The molecule has 0 aliphatic heterocycles. The summed E-state index contributed by atoms with van der Waals surface area (Å²) in [6, 6.07) is 2.34. The molecule has 0 spiro atoms. The van der Waals surface area contributed by atoms with E-state index in [1.807, 2.05) is 0 Å². The fourth-order valence-corrected chi connectivity index (χ4v) is 3.56. The molecule has 0 amide bonds. The number of rotatable bonds is 7. The molecule has 0 aromatic carbocycles. The van der Waals surface area contributed by atoms with Crippen LogP contribution in [0.15, 0.2) is 22.2 Å². The molecular weight excluding hydrogens is 276 g/mol. The second kappa shape index (κ2) is 7.14. The lowest BCUT2D eigenvalue weighted by Crippen LogP contribution is -2.25. The Kier molecular flexibility index (Phi) is 5.51. The molecule has 1 unspecified atom stereocenters. The van der Waals surface area contributed by atoms with E-state index in [-0.39, 0.29) is 6.04 Å². The summed E-state index contributed by atoms with van der Waals surface area (Å²) < 4.78 is 5.11. The molecule has 0 bridgehead atoms. The van der Waals surface area contributed by atoms with Crippen molar-refractivity contribution in [1.29, 1.82) is 0 Å². The van der Waals surface area contributed by atoms with Gasteiger partial charge in [0.2, 0.25) is 0 Å². The predicted octanol–water partition coefficient (Wildman–Crippen LogP) is 3.65. The number of ether oxygens (including phenoxy) is 1. The molecule has 2 aromatic heterocycles. The van der Waals surface area contributed by atoms with Crippen molar-refractivity contribution < 1.29 is 4.74 Å². The first kappa shape index (κ1) is 14.7. The molecule has 5 heteroatoms. The molecule has 2 rings (SSSR count). The third kappa shape index (κ3) is 3.86. The lowest BCUT2D eigenvalue weighted by Gasteiger charge is -2.15. The minimum atomic E-state index is 0.180. The van der Waals surface area contributed by atoms with Crippen LogP contribution in [-0.4, -0.2) is 25.2 Å². The van der Waals surface area contributed by atoms with E-state index in [0.717, 1.165) is 11.6 Å². The lowest BCUT2D eigenvalue weighted by molar-refractivity contribution is 0.197. The zero-order valence-electron chi connectivity index (χ0n) is 11.6. The van der Waals surface area contributed by atoms with Gasteiger partial charge in [-0.1, -0.05) is 13.8 Å². The minimum absolute atomic E-state index is 0.180. The van der Waals surface area contributed by atoms with Gasteiger partial charge >= 0.3 is 0 Å². The Labute approximate surface area is 122 Å². The van der Waals surface area contributed by atoms with Gasteiger partial charge in [0.05, 0.1) is 18.3 Å². The van der Waals surface area contributed by atoms with Gasteiger partial charge in [-0.05, 0) is 28.3 Å². The van der Waals surface area contributed by atoms with Crippen molar-refractivity contribution in [3.05, 3.63) is 38.5 Å². The number of thiophene rings is 1. The van der Waals surface area contributed by atoms with Crippen LogP contribution in [0.5, 0.6) is 0 Å². The van der Waals surface area contributed by atoms with Crippen molar-refractivity contribution >= 4 is 22.7 Å². The highest BCUT2D eigenvalue weighted by Gasteiger charge is 2.18. The molecule has 104 valence electrons. The van der Waals surface area contributed by atoms with Crippen LogP contribution >= 0.6 is 22.7 Å². The number of nitrogens with one attached hydrogen (secondary N) is 1. The summed E-state index contributed by atoms with van der Waals surface area (Å²) in [5, 5.41) is 11.1. The molecule has 1 N–H and O–H groups in total. The summed E-state index contributed by atoms with van der Waals surface area (Å²) in [4.78, 5) is 4.76. The SMILES string of the molecule is COCCNC(c1ccsc1)c1nc(C(C)C)cs1. The minimum Gasteiger partial charge on any atom is -0.383 e. The number of aromatic nitrogens is 1. The van der Waals surface area contributed by atoms with Gasteiger partial charge in [-0.3, -0.25) is 0 Å². The highest BCUT2D eigenvalue weighted by molar-refractivity contribution is 7.10. The van der Waals surface area contributed by atoms with Crippen molar-refractivity contribution in [2.75, 3.05) is 20.3 Å². The van der Waals surface area contributed by atoms with E-state index in [0.29, 0.717) is 12.5 Å². The third-order valence-electron chi connectivity index (χ3n) is 2.91. The van der Waals surface area contributed by atoms with Crippen molar-refractivity contribution in [3.63, 3.8) is 0 Å². The Bertz CT molecular complexity index is 479. The summed E-state index contributed by atoms with van der Waals surface area (Å²) in [5.41, 5.74) is 2.46. The maximum Gasteiger partial charge on any atom is 0.114 e. The van der Waals surface area contributed by atoms with Crippen molar-refractivity contribution in [3.8, 4) is 0 Å². The normalized spacial score (nSPS) is 13.1. The molecule has 2 aromatic rings. The molecule has 0 aliphatic carbocycles. The van der Waals surface area contributed by atoms with Crippen LogP contribution in [0.25, 0.3) is 0 Å². The van der Waals surface area contributed by atoms with Crippen LogP contribution in [0.3, 0.4) is 0 Å². The maximum atomic E-state index is 5.11. The zero-order chi connectivity index (χ0) is 13.7. The van der Waals surface area contributed by atoms with E-state index in [1.54, 1.807) is 29.8 Å². The number of thiazole rings is 1. The van der Waals surface area contributed by atoms with Crippen LogP contribution in [0, 0.1) is 0 Å². The average molecular weight is 296 g/mol. The monoisotopic (exact) mass is 296 g/mol. The van der Waals surface area contributed by atoms with Gasteiger partial charge in [0.1, 0.15) is 5.01 Å². The largest absolute Gasteiger partial charge is 0.383 e. The first-order chi connectivity index (χ1) is 9.22. The molecular formula is C14H20N2OS2. The first-order valence-electron chi connectivity index (χ1n) is 6.42. The standard InChI is InChI=1S/C14H20N2OS2/c1-10(2)12-9-19-14(16-12)13(15-5-6-17-3)11-4-7-18-8-11/h4,7-10,13,15H,5-6H2,1-3H3. The van der Waals surface area contributed by atoms with Crippen LogP contribution in [0.1, 0.15) is 42.1 Å². The Balaban J connectivity index is 2.16. The topological polar surface area (TPSA) is 34.1 Å². The summed E-state index contributed by atoms with van der Waals surface area (Å²) >= 11 is 3.45. The van der Waals surface area contributed by atoms with Gasteiger partial charge in [-0.2, -0.15) is 11.3 Å². The molecule has 0 radical (unpaired) electrons. The fourth-order valence-electron chi connectivity index (χ4n) is 1.79. The number of hydrogen-bond acceptors (Lipinski definition) is 5. The van der Waals surface area contributed by atoms with E-state index in [9.17, 15) is 0 Å². The summed E-state index contributed by atoms with van der Waals surface area (Å²) in [6.07, 6.45) is 0. The Hall–Kier alpha value is -0.750. The van der Waals surface area contributed by atoms with Crippen LogP contribution < -0.4 is 5.32 Å². The van der Waals surface area contributed by atoms with Crippen molar-refractivity contribution in [2.45, 2.75) is 25.8 Å². The van der Waals surface area contributed by atoms with E-state index < -0.39 is 0 Å². The Morgan fingerprint density at radius 3 is 2.79 bits per heavy atom. The van der Waals surface area contributed by atoms with Gasteiger partial charge in [-0.25, -0.2) is 4.98 Å². The second-order valence-corrected chi connectivity index (χ2v) is 6.37. The van der Waals surface area contributed by atoms with E-state index in [1.165, 1.54) is 11.3 Å². The number of hydrogen-bond donors (Lipinski definition) is 1. The molecule has 1 atom stereocenters. The van der Waals surface area contributed by atoms with Gasteiger partial charge in [-0.15, -0.1) is 11.3 Å². The van der Waals surface area contributed by atoms with E-state index >= 15 is 0 Å². The molecule has 3 nitrogen and oxygen atoms in total. The predicted molar refractivity (Wildman–Crippen MR) is 82.2 cm³/mol. The maximum absolute atomic E-state index is 5.11. The van der Waals surface area contributed by atoms with E-state index in [2.05, 4.69) is 41.4 Å². The summed E-state index contributed by atoms with van der Waals surface area (Å²) in [6.45, 7) is 5.89. The van der Waals surface area contributed by atoms with Crippen LogP contribution in [-0.2, 0) is 4.74 Å². The number of nitrogens with zero attached hydrogens (tertiary/aromatic N) is 1. The van der Waals surface area contributed by atoms with Crippen molar-refractivity contribution in [2.24, 2.45) is 0 Å². The molecule has 0 fully saturated rings. The zero-order valence-corrected chi connectivity index (χ0v) is 13.2. The van der Waals surface area contributed by atoms with Gasteiger partial charge in [0.25, 0.3) is 0 Å². The van der Waals surface area contributed by atoms with Gasteiger partial charge in [0.15, 0.2) is 0 Å². The molecule has 2 heterocycles.